The molecule has 0 atom stereocenters. The van der Waals surface area contributed by atoms with Crippen molar-refractivity contribution in [3.8, 4) is 5.75 Å². The summed E-state index contributed by atoms with van der Waals surface area (Å²) >= 11 is 1.48. The van der Waals surface area contributed by atoms with Gasteiger partial charge in [-0.3, -0.25) is 0 Å². The van der Waals surface area contributed by atoms with Gasteiger partial charge in [-0.15, -0.1) is 11.3 Å². The first-order chi connectivity index (χ1) is 8.86. The van der Waals surface area contributed by atoms with Crippen LogP contribution in [0, 0.1) is 13.8 Å². The Morgan fingerprint density at radius 1 is 1.26 bits per heavy atom. The van der Waals surface area contributed by atoms with Gasteiger partial charge in [-0.2, -0.15) is 0 Å². The monoisotopic (exact) mass is 277 g/mol. The summed E-state index contributed by atoms with van der Waals surface area (Å²) in [6.45, 7) is 8.10. The molecule has 2 rings (SSSR count). The van der Waals surface area contributed by atoms with Crippen LogP contribution in [0.1, 0.15) is 34.9 Å². The molecule has 0 amide bonds. The van der Waals surface area contributed by atoms with Gasteiger partial charge in [0.2, 0.25) is 0 Å². The average molecular weight is 277 g/mol. The van der Waals surface area contributed by atoms with Gasteiger partial charge >= 0.3 is 0 Å². The largest absolute Gasteiger partial charge is 0.486 e. The Hall–Kier alpha value is -1.39. The highest BCUT2D eigenvalue weighted by molar-refractivity contribution is 7.11. The lowest BCUT2D eigenvalue weighted by Crippen LogP contribution is -2.12. The molecule has 0 spiro atoms. The lowest BCUT2D eigenvalue weighted by Gasteiger charge is -2.13. The maximum atomic E-state index is 9.88. The normalized spacial score (nSPS) is 11.6. The Kier molecular flexibility index (Phi) is 3.92. The summed E-state index contributed by atoms with van der Waals surface area (Å²) in [5, 5.41) is 10.8. The Labute approximate surface area is 117 Å². The molecule has 0 radical (unpaired) electrons. The number of aromatic nitrogens is 1. The van der Waals surface area contributed by atoms with E-state index in [0.717, 1.165) is 15.6 Å². The minimum atomic E-state index is -0.837. The van der Waals surface area contributed by atoms with Crippen LogP contribution in [-0.2, 0) is 12.2 Å². The van der Waals surface area contributed by atoms with Gasteiger partial charge in [0.05, 0.1) is 10.5 Å². The van der Waals surface area contributed by atoms with E-state index in [4.69, 9.17) is 4.74 Å². The van der Waals surface area contributed by atoms with Crippen molar-refractivity contribution in [2.45, 2.75) is 39.9 Å². The molecule has 2 aromatic rings. The third kappa shape index (κ3) is 3.55. The maximum Gasteiger partial charge on any atom is 0.140 e. The SMILES string of the molecule is Cc1ccc(OCc2ncc(C(C)(C)O)s2)cc1C. The van der Waals surface area contributed by atoms with Gasteiger partial charge in [0.15, 0.2) is 0 Å². The van der Waals surface area contributed by atoms with Crippen LogP contribution < -0.4 is 4.74 Å². The first kappa shape index (κ1) is 14.0. The number of hydrogen-bond acceptors (Lipinski definition) is 4. The van der Waals surface area contributed by atoms with Gasteiger partial charge in [0.25, 0.3) is 0 Å². The molecule has 19 heavy (non-hydrogen) atoms. The molecule has 3 nitrogen and oxygen atoms in total. The molecule has 4 heteroatoms. The van der Waals surface area contributed by atoms with Crippen molar-refractivity contribution in [3.63, 3.8) is 0 Å². The number of aryl methyl sites for hydroxylation is 2. The molecule has 0 aliphatic heterocycles. The number of rotatable bonds is 4. The molecular formula is C15H19NO2S. The molecule has 1 aromatic carbocycles. The van der Waals surface area contributed by atoms with Crippen LogP contribution in [0.5, 0.6) is 5.75 Å². The lowest BCUT2D eigenvalue weighted by molar-refractivity contribution is 0.0823. The number of ether oxygens (including phenoxy) is 1. The molecule has 1 aromatic heterocycles. The van der Waals surface area contributed by atoms with E-state index in [1.165, 1.54) is 22.5 Å². The molecule has 0 fully saturated rings. The molecule has 0 saturated carbocycles. The fraction of sp³-hybridized carbons (Fsp3) is 0.400. The highest BCUT2D eigenvalue weighted by Crippen LogP contribution is 2.26. The van der Waals surface area contributed by atoms with Crippen molar-refractivity contribution in [1.29, 1.82) is 0 Å². The van der Waals surface area contributed by atoms with Crippen LogP contribution >= 0.6 is 11.3 Å². The maximum absolute atomic E-state index is 9.88. The summed E-state index contributed by atoms with van der Waals surface area (Å²) in [6, 6.07) is 6.04. The predicted octanol–water partition coefficient (Wildman–Crippen LogP) is 3.57. The molecule has 102 valence electrons. The van der Waals surface area contributed by atoms with Gasteiger partial charge in [-0.1, -0.05) is 6.07 Å². The van der Waals surface area contributed by atoms with Gasteiger partial charge < -0.3 is 9.84 Å². The van der Waals surface area contributed by atoms with Crippen LogP contribution in [0.3, 0.4) is 0 Å². The standard InChI is InChI=1S/C15H19NO2S/c1-10-5-6-12(7-11(10)2)18-9-14-16-8-13(19-14)15(3,4)17/h5-8,17H,9H2,1-4H3. The fourth-order valence-electron chi connectivity index (χ4n) is 1.61. The fourth-order valence-corrected chi connectivity index (χ4v) is 2.44. The lowest BCUT2D eigenvalue weighted by atomic mass is 10.1. The smallest absolute Gasteiger partial charge is 0.140 e. The van der Waals surface area contributed by atoms with Crippen molar-refractivity contribution in [2.75, 3.05) is 0 Å². The van der Waals surface area contributed by atoms with Gasteiger partial charge in [-0.25, -0.2) is 4.98 Å². The quantitative estimate of drug-likeness (QED) is 0.929. The molecule has 1 heterocycles. The first-order valence-corrected chi connectivity index (χ1v) is 7.05. The Morgan fingerprint density at radius 2 is 2.00 bits per heavy atom. The summed E-state index contributed by atoms with van der Waals surface area (Å²) in [5.74, 6) is 0.850. The van der Waals surface area contributed by atoms with Crippen LogP contribution in [0.25, 0.3) is 0 Å². The zero-order chi connectivity index (χ0) is 14.0. The molecule has 1 N–H and O–H groups in total. The van der Waals surface area contributed by atoms with Crippen molar-refractivity contribution in [3.05, 3.63) is 45.4 Å². The summed E-state index contributed by atoms with van der Waals surface area (Å²) in [7, 11) is 0. The van der Waals surface area contributed by atoms with E-state index >= 15 is 0 Å². The highest BCUT2D eigenvalue weighted by atomic mass is 32.1. The average Bonchev–Trinajstić information content (AvgIpc) is 2.79. The highest BCUT2D eigenvalue weighted by Gasteiger charge is 2.19. The van der Waals surface area contributed by atoms with E-state index in [1.54, 1.807) is 20.0 Å². The Morgan fingerprint density at radius 3 is 2.58 bits per heavy atom. The molecule has 0 aliphatic rings. The Balaban J connectivity index is 2.02. The summed E-state index contributed by atoms with van der Waals surface area (Å²) in [5.41, 5.74) is 1.64. The second-order valence-electron chi connectivity index (χ2n) is 5.21. The van der Waals surface area contributed by atoms with Crippen LogP contribution in [-0.4, -0.2) is 10.1 Å². The summed E-state index contributed by atoms with van der Waals surface area (Å²) in [4.78, 5) is 5.12. The summed E-state index contributed by atoms with van der Waals surface area (Å²) in [6.07, 6.45) is 1.71. The molecule has 0 unspecified atom stereocenters. The van der Waals surface area contributed by atoms with Crippen molar-refractivity contribution < 1.29 is 9.84 Å². The molecular weight excluding hydrogens is 258 g/mol. The van der Waals surface area contributed by atoms with Crippen molar-refractivity contribution >= 4 is 11.3 Å². The molecule has 0 bridgehead atoms. The summed E-state index contributed by atoms with van der Waals surface area (Å²) < 4.78 is 5.72. The number of benzene rings is 1. The van der Waals surface area contributed by atoms with Gasteiger partial charge in [0.1, 0.15) is 17.4 Å². The third-order valence-corrected chi connectivity index (χ3v) is 4.28. The number of nitrogens with zero attached hydrogens (tertiary/aromatic N) is 1. The van der Waals surface area contributed by atoms with E-state index in [-0.39, 0.29) is 0 Å². The van der Waals surface area contributed by atoms with E-state index in [1.807, 2.05) is 12.1 Å². The molecule has 0 aliphatic carbocycles. The van der Waals surface area contributed by atoms with E-state index < -0.39 is 5.60 Å². The first-order valence-electron chi connectivity index (χ1n) is 6.24. The third-order valence-electron chi connectivity index (χ3n) is 3.00. The van der Waals surface area contributed by atoms with Gasteiger partial charge in [-0.05, 0) is 51.0 Å². The zero-order valence-electron chi connectivity index (χ0n) is 11.7. The van der Waals surface area contributed by atoms with Crippen molar-refractivity contribution in [1.82, 2.24) is 4.98 Å². The second kappa shape index (κ2) is 5.31. The second-order valence-corrected chi connectivity index (χ2v) is 6.33. The minimum Gasteiger partial charge on any atom is -0.486 e. The topological polar surface area (TPSA) is 42.4 Å². The number of aliphatic hydroxyl groups is 1. The Bertz CT molecular complexity index is 570. The van der Waals surface area contributed by atoms with E-state index in [2.05, 4.69) is 24.9 Å². The number of hydrogen-bond donors (Lipinski definition) is 1. The van der Waals surface area contributed by atoms with Crippen LogP contribution in [0.4, 0.5) is 0 Å². The van der Waals surface area contributed by atoms with Crippen molar-refractivity contribution in [2.24, 2.45) is 0 Å². The van der Waals surface area contributed by atoms with Gasteiger partial charge in [0, 0.05) is 6.20 Å². The van der Waals surface area contributed by atoms with Crippen LogP contribution in [0.15, 0.2) is 24.4 Å². The minimum absolute atomic E-state index is 0.434. The van der Waals surface area contributed by atoms with E-state index in [9.17, 15) is 5.11 Å². The number of thiazole rings is 1. The zero-order valence-corrected chi connectivity index (χ0v) is 12.5. The predicted molar refractivity (Wildman–Crippen MR) is 77.6 cm³/mol. The molecule has 0 saturated heterocycles. The van der Waals surface area contributed by atoms with E-state index in [0.29, 0.717) is 6.61 Å². The van der Waals surface area contributed by atoms with Crippen LogP contribution in [0.2, 0.25) is 0 Å².